The SMILES string of the molecule is CC(C)[C@H](NC(=O)[C@@H]1CSSC[C@H](NC(=O)[C@@H](C)N)C(=O)N[C@@H](Cc2ccc(-c3ccccc3)cc2)C(=O)N[C@@H](Cc2c[nH]c3ccccc23)C(=O)N[C@@H](CCCCN)C(=O)N[C@@H](Cc2ccc(O)cc2)C(=O)N1)C(=O)O. The molecule has 1 fully saturated rings. The molecule has 0 unspecified atom stereocenters. The molecule has 8 atom stereocenters. The molecule has 7 amide bonds. The molecule has 14 N–H and O–H groups in total. The first-order valence-electron chi connectivity index (χ1n) is 25.4. The molecule has 1 aliphatic rings. The highest BCUT2D eigenvalue weighted by Gasteiger charge is 2.36. The number of carbonyl (C=O) groups excluding carboxylic acids is 7. The second kappa shape index (κ2) is 28.7. The Balaban J connectivity index is 1.43. The zero-order valence-corrected chi connectivity index (χ0v) is 44.7. The number of hydrogen-bond acceptors (Lipinski definition) is 13. The fourth-order valence-electron chi connectivity index (χ4n) is 8.51. The van der Waals surface area contributed by atoms with Gasteiger partial charge in [-0.05, 0) is 84.7 Å². The van der Waals surface area contributed by atoms with Gasteiger partial charge in [-0.15, -0.1) is 0 Å². The Morgan fingerprint density at radius 2 is 1.18 bits per heavy atom. The summed E-state index contributed by atoms with van der Waals surface area (Å²) >= 11 is 0. The van der Waals surface area contributed by atoms with Gasteiger partial charge < -0.3 is 63.9 Å². The molecular formula is C55H68N10O10S2. The second-order valence-corrected chi connectivity index (χ2v) is 21.8. The van der Waals surface area contributed by atoms with Crippen molar-refractivity contribution >= 4 is 79.8 Å². The number of hydrogen-bond donors (Lipinski definition) is 12. The van der Waals surface area contributed by atoms with Crippen LogP contribution in [0.1, 0.15) is 56.7 Å². The highest BCUT2D eigenvalue weighted by atomic mass is 33.1. The zero-order valence-electron chi connectivity index (χ0n) is 43.1. The summed E-state index contributed by atoms with van der Waals surface area (Å²) in [6.45, 7) is 4.90. The number of phenolic OH excluding ortho intramolecular Hbond substituents is 1. The van der Waals surface area contributed by atoms with E-state index in [-0.39, 0.29) is 49.5 Å². The van der Waals surface area contributed by atoms with Crippen molar-refractivity contribution in [2.24, 2.45) is 17.4 Å². The van der Waals surface area contributed by atoms with Crippen LogP contribution in [-0.4, -0.2) is 129 Å². The topological polar surface area (TPSA) is 329 Å². The summed E-state index contributed by atoms with van der Waals surface area (Å²) in [5, 5.41) is 40.0. The lowest BCUT2D eigenvalue weighted by atomic mass is 9.99. The van der Waals surface area contributed by atoms with Crippen molar-refractivity contribution in [1.82, 2.24) is 42.2 Å². The minimum atomic E-state index is -1.43. The third-order valence-corrected chi connectivity index (χ3v) is 15.3. The van der Waals surface area contributed by atoms with Gasteiger partial charge in [0.15, 0.2) is 0 Å². The summed E-state index contributed by atoms with van der Waals surface area (Å²) < 4.78 is 0. The Morgan fingerprint density at radius 1 is 0.649 bits per heavy atom. The number of aromatic nitrogens is 1. The van der Waals surface area contributed by atoms with Crippen molar-refractivity contribution in [1.29, 1.82) is 0 Å². The molecule has 6 rings (SSSR count). The lowest BCUT2D eigenvalue weighted by molar-refractivity contribution is -0.143. The number of carboxylic acid groups (broad SMARTS) is 1. The largest absolute Gasteiger partial charge is 0.508 e. The Kier molecular flexibility index (Phi) is 21.9. The van der Waals surface area contributed by atoms with Crippen LogP contribution >= 0.6 is 21.6 Å². The van der Waals surface area contributed by atoms with Crippen LogP contribution in [0.3, 0.4) is 0 Å². The van der Waals surface area contributed by atoms with E-state index in [1.807, 2.05) is 78.9 Å². The summed E-state index contributed by atoms with van der Waals surface area (Å²) in [6, 6.07) is 19.7. The maximum absolute atomic E-state index is 14.9. The van der Waals surface area contributed by atoms with Crippen LogP contribution in [0.2, 0.25) is 0 Å². The average Bonchev–Trinajstić information content (AvgIpc) is 3.82. The number of amides is 7. The van der Waals surface area contributed by atoms with Crippen LogP contribution in [0.15, 0.2) is 109 Å². The van der Waals surface area contributed by atoms with E-state index in [1.165, 1.54) is 19.1 Å². The first-order valence-corrected chi connectivity index (χ1v) is 27.9. The van der Waals surface area contributed by atoms with Crippen molar-refractivity contribution < 1.29 is 48.6 Å². The standard InChI is InChI=1S/C55H68N10O10S2/c1-31(2)47(55(74)75)65-54(73)46-30-77-76-29-45(63-48(67)32(3)57)53(72)61-42(25-33-16-20-36(21-17-33)35-11-5-4-6-12-35)50(69)62-44(27-37-28-58-40-14-8-7-13-39(37)40)52(71)59-41(15-9-10-24-56)49(68)60-43(51(70)64-46)26-34-18-22-38(66)23-19-34/h4-8,11-14,16-23,28,31-32,41-47,58,66H,9-10,15,24-27,29-30,56-57H2,1-3H3,(H,59,71)(H,60,68)(H,61,72)(H,62,69)(H,63,67)(H,64,70)(H,65,73)(H,74,75)/t32-,41+,42+,43+,44+,45+,46+,47+/m1/s1. The van der Waals surface area contributed by atoms with Gasteiger partial charge in [-0.3, -0.25) is 33.6 Å². The van der Waals surface area contributed by atoms with Crippen LogP contribution in [-0.2, 0) is 57.6 Å². The normalized spacial score (nSPS) is 21.1. The third kappa shape index (κ3) is 17.3. The van der Waals surface area contributed by atoms with Crippen LogP contribution < -0.4 is 48.7 Å². The minimum Gasteiger partial charge on any atom is -0.508 e. The van der Waals surface area contributed by atoms with E-state index in [4.69, 9.17) is 11.5 Å². The summed E-state index contributed by atoms with van der Waals surface area (Å²) in [4.78, 5) is 116. The van der Waals surface area contributed by atoms with Crippen molar-refractivity contribution in [2.75, 3.05) is 18.1 Å². The van der Waals surface area contributed by atoms with Crippen LogP contribution in [0.25, 0.3) is 22.0 Å². The van der Waals surface area contributed by atoms with Crippen LogP contribution in [0.4, 0.5) is 0 Å². The average molecular weight is 1090 g/mol. The van der Waals surface area contributed by atoms with E-state index in [1.54, 1.807) is 32.2 Å². The zero-order chi connectivity index (χ0) is 55.6. The number of H-pyrrole nitrogens is 1. The molecule has 77 heavy (non-hydrogen) atoms. The molecule has 0 radical (unpaired) electrons. The van der Waals surface area contributed by atoms with E-state index >= 15 is 0 Å². The molecule has 1 saturated heterocycles. The van der Waals surface area contributed by atoms with Crippen molar-refractivity contribution in [3.63, 3.8) is 0 Å². The molecule has 410 valence electrons. The van der Waals surface area contributed by atoms with Gasteiger partial charge in [0.05, 0.1) is 6.04 Å². The molecular weight excluding hydrogens is 1020 g/mol. The first kappa shape index (κ1) is 58.9. The van der Waals surface area contributed by atoms with Crippen LogP contribution in [0.5, 0.6) is 5.75 Å². The van der Waals surface area contributed by atoms with E-state index in [2.05, 4.69) is 42.2 Å². The number of aromatic amines is 1. The molecule has 22 heteroatoms. The van der Waals surface area contributed by atoms with Crippen molar-refractivity contribution in [3.05, 3.63) is 126 Å². The smallest absolute Gasteiger partial charge is 0.326 e. The fourth-order valence-corrected chi connectivity index (χ4v) is 10.8. The molecule has 4 aromatic carbocycles. The van der Waals surface area contributed by atoms with Crippen molar-refractivity contribution in [2.45, 2.75) is 108 Å². The molecule has 0 saturated carbocycles. The Labute approximate surface area is 454 Å². The van der Waals surface area contributed by atoms with Gasteiger partial charge in [0.2, 0.25) is 41.4 Å². The molecule has 1 aromatic heterocycles. The number of rotatable bonds is 17. The molecule has 20 nitrogen and oxygen atoms in total. The number of benzene rings is 4. The van der Waals surface area contributed by atoms with E-state index in [0.29, 0.717) is 29.5 Å². The maximum Gasteiger partial charge on any atom is 0.326 e. The Hall–Kier alpha value is -7.40. The molecule has 0 spiro atoms. The van der Waals surface area contributed by atoms with Crippen LogP contribution in [0, 0.1) is 5.92 Å². The molecule has 1 aliphatic heterocycles. The summed E-state index contributed by atoms with van der Waals surface area (Å²) in [5.74, 6) is -7.77. The number of aromatic hydroxyl groups is 1. The lowest BCUT2D eigenvalue weighted by Crippen LogP contribution is -2.61. The summed E-state index contributed by atoms with van der Waals surface area (Å²) in [7, 11) is 2.07. The van der Waals surface area contributed by atoms with E-state index in [9.17, 15) is 48.6 Å². The fraction of sp³-hybridized carbons (Fsp3) is 0.382. The van der Waals surface area contributed by atoms with Gasteiger partial charge in [0, 0.05) is 47.9 Å². The number of aliphatic carboxylic acids is 1. The van der Waals surface area contributed by atoms with Gasteiger partial charge in [-0.1, -0.05) is 120 Å². The number of nitrogens with two attached hydrogens (primary N) is 2. The van der Waals surface area contributed by atoms with Gasteiger partial charge in [-0.2, -0.15) is 0 Å². The molecule has 0 bridgehead atoms. The predicted molar refractivity (Wildman–Crippen MR) is 297 cm³/mol. The number of carbonyl (C=O) groups is 8. The number of nitrogens with one attached hydrogen (secondary N) is 8. The third-order valence-electron chi connectivity index (χ3n) is 12.9. The summed E-state index contributed by atoms with van der Waals surface area (Å²) in [5.41, 5.74) is 16.2. The number of carboxylic acids is 1. The highest BCUT2D eigenvalue weighted by Crippen LogP contribution is 2.25. The number of phenols is 1. The Morgan fingerprint density at radius 3 is 1.79 bits per heavy atom. The predicted octanol–water partition coefficient (Wildman–Crippen LogP) is 2.57. The highest BCUT2D eigenvalue weighted by molar-refractivity contribution is 8.76. The second-order valence-electron chi connectivity index (χ2n) is 19.3. The molecule has 5 aromatic rings. The molecule has 2 heterocycles. The van der Waals surface area contributed by atoms with Gasteiger partial charge in [-0.25, -0.2) is 4.79 Å². The number of fused-ring (bicyclic) bond motifs is 1. The van der Waals surface area contributed by atoms with Gasteiger partial charge >= 0.3 is 5.97 Å². The van der Waals surface area contributed by atoms with E-state index < -0.39 is 102 Å². The number of para-hydroxylation sites is 1. The monoisotopic (exact) mass is 1090 g/mol. The number of unbranched alkanes of at least 4 members (excludes halogenated alkanes) is 1. The van der Waals surface area contributed by atoms with Gasteiger partial charge in [0.1, 0.15) is 48.0 Å². The lowest BCUT2D eigenvalue weighted by Gasteiger charge is -2.29. The summed E-state index contributed by atoms with van der Waals surface area (Å²) in [6.07, 6.45) is 2.28. The van der Waals surface area contributed by atoms with E-state index in [0.717, 1.165) is 43.6 Å². The quantitative estimate of drug-likeness (QED) is 0.0471. The minimum absolute atomic E-state index is 0.0485. The first-order chi connectivity index (χ1) is 36.9. The maximum atomic E-state index is 14.9. The Bertz CT molecular complexity index is 2830. The molecule has 0 aliphatic carbocycles. The van der Waals surface area contributed by atoms with Crippen molar-refractivity contribution in [3.8, 4) is 16.9 Å². The van der Waals surface area contributed by atoms with Gasteiger partial charge in [0.25, 0.3) is 0 Å².